The van der Waals surface area contributed by atoms with Crippen LogP contribution in [-0.4, -0.2) is 24.1 Å². The standard InChI is InChI=1S/C57H33N5S2/c1-2-13-41(14-3-1)61-46-29-27-38(32-45(46)52-43-16-10-20-51-53(43)62(57(52)61)47-17-7-9-19-50(47)64-51)35-21-24-36(25-22-35)54-58-55(39-26-23-34-11-4-5-12-37(34)31-39)60-56(59-54)40-28-30-49-44(33-40)42-15-6-8-18-48(42)63-49/h1-33H. The van der Waals surface area contributed by atoms with Crippen LogP contribution in [0.5, 0.6) is 0 Å². The molecular formula is C57H33N5S2. The van der Waals surface area contributed by atoms with Crippen LogP contribution in [0.15, 0.2) is 210 Å². The van der Waals surface area contributed by atoms with Crippen LogP contribution in [0.3, 0.4) is 0 Å². The smallest absolute Gasteiger partial charge is 0.164 e. The van der Waals surface area contributed by atoms with E-state index < -0.39 is 0 Å². The first kappa shape index (κ1) is 35.7. The van der Waals surface area contributed by atoms with Gasteiger partial charge in [-0.25, -0.2) is 15.0 Å². The quantitative estimate of drug-likeness (QED) is 0.173. The third kappa shape index (κ3) is 5.41. The van der Waals surface area contributed by atoms with E-state index >= 15 is 0 Å². The molecule has 0 amide bonds. The molecule has 0 saturated carbocycles. The van der Waals surface area contributed by atoms with Crippen molar-refractivity contribution in [2.75, 3.05) is 0 Å². The summed E-state index contributed by atoms with van der Waals surface area (Å²) < 4.78 is 7.45. The lowest BCUT2D eigenvalue weighted by molar-refractivity contribution is 1.03. The average Bonchev–Trinajstić information content (AvgIpc) is 4.02. The van der Waals surface area contributed by atoms with Crippen LogP contribution in [0.1, 0.15) is 0 Å². The fourth-order valence-electron chi connectivity index (χ4n) is 9.77. The fraction of sp³-hybridized carbons (Fsp3) is 0. The molecule has 13 aromatic rings. The van der Waals surface area contributed by atoms with Gasteiger partial charge in [0, 0.05) is 68.5 Å². The number of rotatable bonds is 5. The third-order valence-electron chi connectivity index (χ3n) is 12.7. The normalized spacial score (nSPS) is 12.3. The largest absolute Gasteiger partial charge is 0.295 e. The molecule has 0 unspecified atom stereocenters. The van der Waals surface area contributed by atoms with Crippen molar-refractivity contribution >= 4 is 86.9 Å². The van der Waals surface area contributed by atoms with Crippen molar-refractivity contribution in [3.63, 3.8) is 0 Å². The van der Waals surface area contributed by atoms with Crippen LogP contribution in [-0.2, 0) is 0 Å². The topological polar surface area (TPSA) is 48.5 Å². The Labute approximate surface area is 375 Å². The maximum atomic E-state index is 5.18. The molecule has 0 spiro atoms. The second-order valence-corrected chi connectivity index (χ2v) is 18.6. The Morgan fingerprint density at radius 2 is 1.00 bits per heavy atom. The van der Waals surface area contributed by atoms with Gasteiger partial charge in [0.1, 0.15) is 5.65 Å². The van der Waals surface area contributed by atoms with E-state index in [4.69, 9.17) is 15.0 Å². The number of hydrogen-bond donors (Lipinski definition) is 0. The molecule has 4 aromatic heterocycles. The molecule has 1 aliphatic rings. The van der Waals surface area contributed by atoms with Gasteiger partial charge in [-0.15, -0.1) is 11.3 Å². The first-order valence-corrected chi connectivity index (χ1v) is 23.1. The Bertz CT molecular complexity index is 4050. The van der Waals surface area contributed by atoms with Gasteiger partial charge in [0.05, 0.1) is 16.7 Å². The Kier molecular flexibility index (Phi) is 7.72. The predicted molar refractivity (Wildman–Crippen MR) is 267 cm³/mol. The highest BCUT2D eigenvalue weighted by molar-refractivity contribution is 7.99. The SMILES string of the molecule is c1ccc(-n2c3ccc(-c4ccc(-c5nc(-c6ccc7ccccc7c6)nc(-c6ccc7sc8ccccc8c7c6)n5)cc4)cc3c3c4cccc5c4n(c32)-c2ccccc2S5)cc1. The lowest BCUT2D eigenvalue weighted by Gasteiger charge is -2.21. The summed E-state index contributed by atoms with van der Waals surface area (Å²) in [6.45, 7) is 0. The molecule has 0 atom stereocenters. The van der Waals surface area contributed by atoms with Crippen LogP contribution >= 0.6 is 23.1 Å². The molecule has 5 nitrogen and oxygen atoms in total. The molecule has 64 heavy (non-hydrogen) atoms. The molecule has 0 bridgehead atoms. The van der Waals surface area contributed by atoms with Crippen molar-refractivity contribution < 1.29 is 0 Å². The van der Waals surface area contributed by atoms with E-state index in [2.05, 4.69) is 209 Å². The molecule has 0 N–H and O–H groups in total. The minimum Gasteiger partial charge on any atom is -0.295 e. The highest BCUT2D eigenvalue weighted by atomic mass is 32.2. The van der Waals surface area contributed by atoms with Crippen molar-refractivity contribution in [2.24, 2.45) is 0 Å². The van der Waals surface area contributed by atoms with Crippen molar-refractivity contribution in [3.05, 3.63) is 200 Å². The van der Waals surface area contributed by atoms with E-state index in [0.717, 1.165) is 38.9 Å². The molecule has 7 heteroatoms. The summed E-state index contributed by atoms with van der Waals surface area (Å²) in [5, 5.41) is 8.54. The number of aromatic nitrogens is 5. The molecule has 0 radical (unpaired) electrons. The number of nitrogens with zero attached hydrogens (tertiary/aromatic N) is 5. The van der Waals surface area contributed by atoms with Gasteiger partial charge in [-0.05, 0) is 94.7 Å². The number of para-hydroxylation sites is 3. The minimum absolute atomic E-state index is 0.638. The van der Waals surface area contributed by atoms with Crippen molar-refractivity contribution in [1.82, 2.24) is 24.1 Å². The van der Waals surface area contributed by atoms with E-state index in [9.17, 15) is 0 Å². The number of thiophene rings is 1. The minimum atomic E-state index is 0.638. The van der Waals surface area contributed by atoms with Crippen molar-refractivity contribution in [2.45, 2.75) is 9.79 Å². The number of fused-ring (bicyclic) bond motifs is 11. The van der Waals surface area contributed by atoms with E-state index in [1.54, 1.807) is 0 Å². The monoisotopic (exact) mass is 851 g/mol. The van der Waals surface area contributed by atoms with Crippen molar-refractivity contribution in [3.8, 4) is 56.7 Å². The summed E-state index contributed by atoms with van der Waals surface area (Å²) in [4.78, 5) is 18.0. The molecule has 0 aliphatic carbocycles. The van der Waals surface area contributed by atoms with Crippen LogP contribution in [0.4, 0.5) is 0 Å². The summed E-state index contributed by atoms with van der Waals surface area (Å²) in [5.41, 5.74) is 11.1. The molecule has 0 fully saturated rings. The van der Waals surface area contributed by atoms with E-state index in [1.165, 1.54) is 73.9 Å². The molecule has 9 aromatic carbocycles. The zero-order valence-electron chi connectivity index (χ0n) is 34.1. The molecule has 298 valence electrons. The Hall–Kier alpha value is -7.84. The molecule has 14 rings (SSSR count). The van der Waals surface area contributed by atoms with Gasteiger partial charge < -0.3 is 0 Å². The average molecular weight is 852 g/mol. The Balaban J connectivity index is 0.923. The van der Waals surface area contributed by atoms with Crippen molar-refractivity contribution in [1.29, 1.82) is 0 Å². The highest BCUT2D eigenvalue weighted by Gasteiger charge is 2.28. The van der Waals surface area contributed by atoms with Gasteiger partial charge in [0.15, 0.2) is 17.5 Å². The molecular weight excluding hydrogens is 819 g/mol. The van der Waals surface area contributed by atoms with E-state index in [0.29, 0.717) is 17.5 Å². The maximum absolute atomic E-state index is 5.18. The fourth-order valence-corrected chi connectivity index (χ4v) is 11.9. The zero-order valence-corrected chi connectivity index (χ0v) is 35.7. The lowest BCUT2D eigenvalue weighted by Crippen LogP contribution is -2.05. The lowest BCUT2D eigenvalue weighted by atomic mass is 10.0. The van der Waals surface area contributed by atoms with Gasteiger partial charge in [0.2, 0.25) is 0 Å². The third-order valence-corrected chi connectivity index (χ3v) is 15.0. The summed E-state index contributed by atoms with van der Waals surface area (Å²) in [7, 11) is 0. The maximum Gasteiger partial charge on any atom is 0.164 e. The summed E-state index contributed by atoms with van der Waals surface area (Å²) in [5.74, 6) is 1.94. The van der Waals surface area contributed by atoms with Gasteiger partial charge >= 0.3 is 0 Å². The van der Waals surface area contributed by atoms with Crippen LogP contribution in [0, 0.1) is 0 Å². The van der Waals surface area contributed by atoms with E-state index in [1.807, 2.05) is 23.1 Å². The van der Waals surface area contributed by atoms with Gasteiger partial charge in [0.25, 0.3) is 0 Å². The predicted octanol–water partition coefficient (Wildman–Crippen LogP) is 15.6. The van der Waals surface area contributed by atoms with Crippen LogP contribution in [0.25, 0.3) is 120 Å². The number of hydrogen-bond acceptors (Lipinski definition) is 5. The Morgan fingerprint density at radius 3 is 1.88 bits per heavy atom. The highest BCUT2D eigenvalue weighted by Crippen LogP contribution is 2.50. The summed E-state index contributed by atoms with van der Waals surface area (Å²) >= 11 is 3.67. The second kappa shape index (κ2) is 13.8. The van der Waals surface area contributed by atoms with Gasteiger partial charge in [-0.2, -0.15) is 0 Å². The molecule has 0 saturated heterocycles. The summed E-state index contributed by atoms with van der Waals surface area (Å²) in [6, 6.07) is 71.9. The van der Waals surface area contributed by atoms with Crippen LogP contribution in [0.2, 0.25) is 0 Å². The molecule has 5 heterocycles. The van der Waals surface area contributed by atoms with Gasteiger partial charge in [-0.3, -0.25) is 9.13 Å². The number of benzene rings is 9. The first-order chi connectivity index (χ1) is 31.7. The molecule has 1 aliphatic heterocycles. The summed E-state index contributed by atoms with van der Waals surface area (Å²) in [6.07, 6.45) is 0. The van der Waals surface area contributed by atoms with Gasteiger partial charge in [-0.1, -0.05) is 139 Å². The first-order valence-electron chi connectivity index (χ1n) is 21.4. The zero-order chi connectivity index (χ0) is 41.9. The Morgan fingerprint density at radius 1 is 0.375 bits per heavy atom. The second-order valence-electron chi connectivity index (χ2n) is 16.4. The van der Waals surface area contributed by atoms with Crippen LogP contribution < -0.4 is 0 Å². The van der Waals surface area contributed by atoms with E-state index in [-0.39, 0.29) is 0 Å².